The highest BCUT2D eigenvalue weighted by Crippen LogP contribution is 2.61. The fourth-order valence-electron chi connectivity index (χ4n) is 5.90. The molecule has 0 radical (unpaired) electrons. The van der Waals surface area contributed by atoms with Gasteiger partial charge in [0.05, 0.1) is 31.3 Å². The maximum atomic E-state index is 16.4. The average molecular weight is 822 g/mol. The van der Waals surface area contributed by atoms with E-state index >= 15 is 8.78 Å². The molecule has 10 atom stereocenters. The summed E-state index contributed by atoms with van der Waals surface area (Å²) in [6.07, 6.45) is -11.4. The number of hydrogen-bond acceptors (Lipinski definition) is 18. The standard InChI is InChI=1S/C28H35F2N9O12P2S/c1-12-36-23-18(24(40)37-12)35-9-39(23)26-20-15(29)13(49-26)5-47-52(42,54-11-46-27(41)28(2,3)4)10-45-19-14(6-48-53(43,44)51-20)50-25(16(19)30)38-8-34-17-21(31)32-7-33-22(17)38/h7-9,13-16,19-20,25-26H,5-6,10-11H2,1-4H3,(H,43,44)(H2,31,32,33)(H,36,37,40)/t13-,14-,15-,16-,19-,20-,25-,26-,52?/m1/s1. The van der Waals surface area contributed by atoms with Crippen LogP contribution in [0.2, 0.25) is 0 Å². The molecule has 0 amide bonds. The maximum Gasteiger partial charge on any atom is 0.472 e. The second-order valence-electron chi connectivity index (χ2n) is 13.5. The topological polar surface area (TPSA) is 269 Å². The fraction of sp³-hybridized carbons (Fsp3) is 0.607. The molecule has 3 saturated heterocycles. The van der Waals surface area contributed by atoms with Gasteiger partial charge in [-0.15, -0.1) is 0 Å². The fourth-order valence-corrected chi connectivity index (χ4v) is 9.55. The van der Waals surface area contributed by atoms with Gasteiger partial charge in [0.2, 0.25) is 0 Å². The first kappa shape index (κ1) is 38.8. The number of carbonyl (C=O) groups excluding carboxylic acids is 1. The molecule has 4 aromatic rings. The lowest BCUT2D eigenvalue weighted by molar-refractivity contribution is -0.150. The van der Waals surface area contributed by atoms with Crippen LogP contribution in [-0.2, 0) is 46.4 Å². The van der Waals surface area contributed by atoms with Crippen LogP contribution in [0.25, 0.3) is 22.3 Å². The van der Waals surface area contributed by atoms with Crippen LogP contribution in [0.5, 0.6) is 0 Å². The molecule has 3 fully saturated rings. The zero-order valence-corrected chi connectivity index (χ0v) is 31.5. The SMILES string of the molecule is Cc1nc2c(ncn2[C@@H]2O[C@@H]3COP(=O)(SCOC(=O)C(C)(C)C)CO[C@H]4[C@@H](F)[C@H](n5cnc6c(N)ncnc65)O[C@@H]4COP(=O)(O)O[C@@H]2[C@@H]3F)c(=O)[nH]1. The van der Waals surface area contributed by atoms with Crippen molar-refractivity contribution in [1.29, 1.82) is 0 Å². The quantitative estimate of drug-likeness (QED) is 0.148. The summed E-state index contributed by atoms with van der Waals surface area (Å²) < 4.78 is 102. The molecule has 2 unspecified atom stereocenters. The molecule has 54 heavy (non-hydrogen) atoms. The Morgan fingerprint density at radius 1 is 1.02 bits per heavy atom. The average Bonchev–Trinajstić information content (AvgIpc) is 3.86. The number of phosphoric ester groups is 1. The van der Waals surface area contributed by atoms with Crippen LogP contribution in [0.4, 0.5) is 14.6 Å². The highest BCUT2D eigenvalue weighted by Gasteiger charge is 2.54. The zero-order chi connectivity index (χ0) is 38.7. The van der Waals surface area contributed by atoms with Gasteiger partial charge in [-0.2, -0.15) is 0 Å². The van der Waals surface area contributed by atoms with Crippen molar-refractivity contribution in [1.82, 2.24) is 39.0 Å². The number of imidazole rings is 2. The number of fused-ring (bicyclic) bond motifs is 5. The smallest absolute Gasteiger partial charge is 0.454 e. The molecule has 4 aromatic heterocycles. The number of nitrogens with one attached hydrogen (secondary N) is 1. The van der Waals surface area contributed by atoms with E-state index in [0.29, 0.717) is 11.4 Å². The van der Waals surface area contributed by atoms with Gasteiger partial charge >= 0.3 is 13.8 Å². The van der Waals surface area contributed by atoms with E-state index < -0.39 is 106 Å². The molecule has 0 spiro atoms. The van der Waals surface area contributed by atoms with E-state index in [-0.39, 0.29) is 34.0 Å². The number of ether oxygens (including phenoxy) is 4. The molecular formula is C28H35F2N9O12P2S. The third kappa shape index (κ3) is 7.56. The number of halogens is 2. The van der Waals surface area contributed by atoms with E-state index in [0.717, 1.165) is 17.2 Å². The lowest BCUT2D eigenvalue weighted by Crippen LogP contribution is -2.36. The van der Waals surface area contributed by atoms with E-state index in [4.69, 9.17) is 38.3 Å². The van der Waals surface area contributed by atoms with Gasteiger partial charge in [-0.3, -0.25) is 32.3 Å². The summed E-state index contributed by atoms with van der Waals surface area (Å²) in [5, 5.41) is 0. The molecule has 7 heterocycles. The van der Waals surface area contributed by atoms with Gasteiger partial charge in [0, 0.05) is 0 Å². The number of alkyl halides is 2. The molecule has 26 heteroatoms. The Morgan fingerprint density at radius 2 is 1.70 bits per heavy atom. The normalized spacial score (nSPS) is 33.8. The summed E-state index contributed by atoms with van der Waals surface area (Å²) >= 11 is 0.540. The third-order valence-corrected chi connectivity index (χ3v) is 13.3. The minimum Gasteiger partial charge on any atom is -0.454 e. The van der Waals surface area contributed by atoms with E-state index in [1.54, 1.807) is 20.8 Å². The van der Waals surface area contributed by atoms with Crippen LogP contribution in [0.3, 0.4) is 0 Å². The Labute approximate surface area is 307 Å². The lowest BCUT2D eigenvalue weighted by Gasteiger charge is -2.26. The van der Waals surface area contributed by atoms with Crippen LogP contribution in [0.1, 0.15) is 39.1 Å². The highest BCUT2D eigenvalue weighted by atomic mass is 32.7. The Bertz CT molecular complexity index is 2220. The third-order valence-electron chi connectivity index (χ3n) is 8.59. The number of aromatic nitrogens is 8. The van der Waals surface area contributed by atoms with Gasteiger partial charge < -0.3 is 39.1 Å². The van der Waals surface area contributed by atoms with E-state index in [9.17, 15) is 23.6 Å². The predicted molar refractivity (Wildman–Crippen MR) is 182 cm³/mol. The zero-order valence-electron chi connectivity index (χ0n) is 28.9. The number of H-pyrrole nitrogens is 1. The summed E-state index contributed by atoms with van der Waals surface area (Å²) in [5.41, 5.74) is 4.41. The molecule has 7 rings (SSSR count). The number of rotatable bonds is 5. The molecular weight excluding hydrogens is 786 g/mol. The van der Waals surface area contributed by atoms with Crippen LogP contribution < -0.4 is 11.3 Å². The minimum absolute atomic E-state index is 0.00941. The molecule has 2 bridgehead atoms. The minimum atomic E-state index is -5.23. The Kier molecular flexibility index (Phi) is 10.5. The van der Waals surface area contributed by atoms with Crippen molar-refractivity contribution in [3.8, 4) is 0 Å². The van der Waals surface area contributed by atoms with Gasteiger partial charge in [-0.25, -0.2) is 38.3 Å². The number of nitrogens with two attached hydrogens (primary N) is 1. The van der Waals surface area contributed by atoms with Gasteiger partial charge in [0.1, 0.15) is 54.4 Å². The number of aryl methyl sites for hydroxylation is 1. The molecule has 21 nitrogen and oxygen atoms in total. The molecule has 0 saturated carbocycles. The van der Waals surface area contributed by atoms with Gasteiger partial charge in [0.15, 0.2) is 47.4 Å². The predicted octanol–water partition coefficient (Wildman–Crippen LogP) is 2.67. The molecule has 3 aliphatic heterocycles. The molecule has 4 N–H and O–H groups in total. The number of phosphoric acid groups is 1. The number of carbonyl (C=O) groups is 1. The first-order chi connectivity index (χ1) is 25.4. The van der Waals surface area contributed by atoms with Crippen molar-refractivity contribution in [2.75, 3.05) is 31.2 Å². The van der Waals surface area contributed by atoms with Crippen molar-refractivity contribution < 1.29 is 60.1 Å². The van der Waals surface area contributed by atoms with Crippen LogP contribution >= 0.6 is 25.8 Å². The van der Waals surface area contributed by atoms with Crippen LogP contribution in [0, 0.1) is 12.3 Å². The summed E-state index contributed by atoms with van der Waals surface area (Å²) in [7, 11) is -5.23. The van der Waals surface area contributed by atoms with Crippen molar-refractivity contribution in [2.45, 2.75) is 76.9 Å². The highest BCUT2D eigenvalue weighted by molar-refractivity contribution is 8.56. The van der Waals surface area contributed by atoms with Crippen molar-refractivity contribution in [3.63, 3.8) is 0 Å². The number of anilines is 1. The van der Waals surface area contributed by atoms with Crippen molar-refractivity contribution in [3.05, 3.63) is 35.2 Å². The number of aromatic amines is 1. The largest absolute Gasteiger partial charge is 0.472 e. The van der Waals surface area contributed by atoms with Crippen LogP contribution in [-0.4, -0.2) is 112 Å². The Morgan fingerprint density at radius 3 is 2.44 bits per heavy atom. The molecule has 3 aliphatic rings. The Balaban J connectivity index is 1.22. The van der Waals surface area contributed by atoms with Crippen LogP contribution in [0.15, 0.2) is 23.8 Å². The summed E-state index contributed by atoms with van der Waals surface area (Å²) in [4.78, 5) is 58.7. The van der Waals surface area contributed by atoms with Crippen molar-refractivity contribution in [2.24, 2.45) is 5.41 Å². The second kappa shape index (κ2) is 14.6. The number of hydrogen-bond donors (Lipinski definition) is 3. The number of nitrogen functional groups attached to an aromatic ring is 1. The van der Waals surface area contributed by atoms with E-state index in [1.165, 1.54) is 17.8 Å². The summed E-state index contributed by atoms with van der Waals surface area (Å²) in [5.74, 6) is -0.919. The summed E-state index contributed by atoms with van der Waals surface area (Å²) in [6.45, 7) is 0.529. The summed E-state index contributed by atoms with van der Waals surface area (Å²) in [6, 6.07) is 0. The second-order valence-corrected chi connectivity index (χ2v) is 19.6. The molecule has 294 valence electrons. The lowest BCUT2D eigenvalue weighted by atomic mass is 9.98. The van der Waals surface area contributed by atoms with Crippen molar-refractivity contribution >= 4 is 59.9 Å². The maximum absolute atomic E-state index is 16.4. The van der Waals surface area contributed by atoms with Gasteiger partial charge in [0.25, 0.3) is 12.1 Å². The first-order valence-corrected chi connectivity index (χ1v) is 21.1. The number of nitrogens with zero attached hydrogens (tertiary/aromatic N) is 7. The first-order valence-electron chi connectivity index (χ1n) is 16.2. The molecule has 0 aliphatic carbocycles. The van der Waals surface area contributed by atoms with E-state index in [2.05, 4.69) is 29.9 Å². The van der Waals surface area contributed by atoms with E-state index in [1.807, 2.05) is 0 Å². The van der Waals surface area contributed by atoms with Gasteiger partial charge in [-0.1, -0.05) is 0 Å². The van der Waals surface area contributed by atoms with Gasteiger partial charge in [-0.05, 0) is 39.1 Å². The Hall–Kier alpha value is -3.44. The molecule has 0 aromatic carbocycles. The monoisotopic (exact) mass is 821 g/mol. The number of esters is 1.